The molecule has 0 saturated heterocycles. The molecule has 0 fully saturated rings. The monoisotopic (exact) mass is 220 g/mol. The molecule has 0 aliphatic carbocycles. The number of anilines is 1. The lowest BCUT2D eigenvalue weighted by molar-refractivity contribution is 0.467. The normalized spacial score (nSPS) is 11.5. The van der Waals surface area contributed by atoms with Crippen LogP contribution in [0.2, 0.25) is 0 Å². The van der Waals surface area contributed by atoms with Crippen LogP contribution in [0.3, 0.4) is 0 Å². The summed E-state index contributed by atoms with van der Waals surface area (Å²) >= 11 is 0. The van der Waals surface area contributed by atoms with E-state index < -0.39 is 19.2 Å². The molecule has 1 nitrogen and oxygen atoms in total. The maximum Gasteiger partial charge on any atom is 0.497 e. The van der Waals surface area contributed by atoms with Gasteiger partial charge in [-0.3, -0.25) is 0 Å². The van der Waals surface area contributed by atoms with Gasteiger partial charge in [-0.05, 0) is 37.6 Å². The summed E-state index contributed by atoms with van der Waals surface area (Å²) in [5, 5.41) is 0. The van der Waals surface area contributed by atoms with Crippen LogP contribution >= 0.6 is 0 Å². The summed E-state index contributed by atoms with van der Waals surface area (Å²) in [6.45, 7) is -2.98. The summed E-state index contributed by atoms with van der Waals surface area (Å²) < 4.78 is 49.2. The van der Waals surface area contributed by atoms with Gasteiger partial charge in [-0.25, -0.2) is 4.39 Å². The molecule has 0 aliphatic rings. The zero-order chi connectivity index (χ0) is 11.5. The Balaban J connectivity index is 2.79. The molecule has 1 aromatic carbocycles. The topological polar surface area (TPSA) is 3.24 Å². The molecule has 0 saturated carbocycles. The summed E-state index contributed by atoms with van der Waals surface area (Å²) in [5.41, 5.74) is 0.387. The Labute approximate surface area is 85.8 Å². The fraction of sp³-hybridized carbons (Fsp3) is 0.333. The van der Waals surface area contributed by atoms with E-state index in [4.69, 9.17) is 0 Å². The van der Waals surface area contributed by atoms with E-state index in [2.05, 4.69) is 0 Å². The van der Waals surface area contributed by atoms with Crippen molar-refractivity contribution in [3.05, 3.63) is 30.1 Å². The van der Waals surface area contributed by atoms with Crippen molar-refractivity contribution >= 4 is 12.7 Å². The zero-order valence-corrected chi connectivity index (χ0v) is 8.26. The van der Waals surface area contributed by atoms with Crippen molar-refractivity contribution in [2.24, 2.45) is 0 Å². The van der Waals surface area contributed by atoms with E-state index in [0.717, 1.165) is 12.1 Å². The third-order valence-electron chi connectivity index (χ3n) is 2.00. The van der Waals surface area contributed by atoms with E-state index in [1.807, 2.05) is 0 Å². The lowest BCUT2D eigenvalue weighted by Gasteiger charge is -2.28. The predicted molar refractivity (Wildman–Crippen MR) is 53.4 cm³/mol. The maximum atomic E-state index is 12.6. The first-order valence-corrected chi connectivity index (χ1v) is 4.64. The second-order valence-corrected chi connectivity index (χ2v) is 3.23. The number of hydrogen-bond donors (Lipinski definition) is 0. The van der Waals surface area contributed by atoms with Gasteiger partial charge in [-0.1, -0.05) is 0 Å². The molecule has 0 aromatic heterocycles. The molecule has 0 aliphatic heterocycles. The van der Waals surface area contributed by atoms with E-state index in [1.54, 1.807) is 6.92 Å². The highest BCUT2D eigenvalue weighted by Crippen LogP contribution is 2.18. The van der Waals surface area contributed by atoms with E-state index in [1.165, 1.54) is 17.0 Å². The van der Waals surface area contributed by atoms with Gasteiger partial charge in [0.15, 0.2) is 0 Å². The van der Waals surface area contributed by atoms with Crippen molar-refractivity contribution in [2.45, 2.75) is 6.92 Å². The van der Waals surface area contributed by atoms with E-state index in [-0.39, 0.29) is 6.54 Å². The van der Waals surface area contributed by atoms with Gasteiger partial charge in [0, 0.05) is 12.2 Å². The van der Waals surface area contributed by atoms with Crippen molar-refractivity contribution in [1.82, 2.24) is 0 Å². The lowest BCUT2D eigenvalue weighted by atomic mass is 9.91. The largest absolute Gasteiger partial charge is 0.497 e. The SMILES string of the molecule is CCN(C[B-](F)(F)F)c1ccc(F)cc1. The Morgan fingerprint density at radius 2 is 1.67 bits per heavy atom. The Hall–Kier alpha value is -1.20. The lowest BCUT2D eigenvalue weighted by Crippen LogP contribution is -2.38. The molecule has 6 heteroatoms. The van der Waals surface area contributed by atoms with Crippen LogP contribution in [-0.2, 0) is 0 Å². The standard InChI is InChI=1S/C9H11BF4N/c1-2-15(7-10(12,13)14)9-5-3-8(11)4-6-9/h3-6H,2,7H2,1H3/q-1. The quantitative estimate of drug-likeness (QED) is 0.556. The van der Waals surface area contributed by atoms with Crippen molar-refractivity contribution < 1.29 is 17.3 Å². The Kier molecular flexibility index (Phi) is 3.60. The molecule has 1 rings (SSSR count). The predicted octanol–water partition coefficient (Wildman–Crippen LogP) is 3.04. The highest BCUT2D eigenvalue weighted by Gasteiger charge is 2.26. The second kappa shape index (κ2) is 4.55. The Morgan fingerprint density at radius 1 is 1.13 bits per heavy atom. The van der Waals surface area contributed by atoms with Crippen molar-refractivity contribution in [1.29, 1.82) is 0 Å². The van der Waals surface area contributed by atoms with E-state index in [0.29, 0.717) is 5.69 Å². The number of halogens is 4. The fourth-order valence-electron chi connectivity index (χ4n) is 1.32. The molecule has 84 valence electrons. The Morgan fingerprint density at radius 3 is 2.07 bits per heavy atom. The highest BCUT2D eigenvalue weighted by molar-refractivity contribution is 6.59. The van der Waals surface area contributed by atoms with Gasteiger partial charge in [0.25, 0.3) is 0 Å². The number of nitrogens with zero attached hydrogens (tertiary/aromatic N) is 1. The highest BCUT2D eigenvalue weighted by atomic mass is 19.4. The van der Waals surface area contributed by atoms with Gasteiger partial charge >= 0.3 is 6.98 Å². The van der Waals surface area contributed by atoms with E-state index >= 15 is 0 Å². The third kappa shape index (κ3) is 3.81. The molecule has 0 unspecified atom stereocenters. The smallest absolute Gasteiger partial charge is 0.448 e. The summed E-state index contributed by atoms with van der Waals surface area (Å²) in [6.07, 6.45) is -0.956. The molecular formula is C9H11BF4N-. The van der Waals surface area contributed by atoms with Gasteiger partial charge in [0.05, 0.1) is 0 Å². The first-order chi connectivity index (χ1) is 6.92. The van der Waals surface area contributed by atoms with Gasteiger partial charge in [-0.15, -0.1) is 0 Å². The minimum absolute atomic E-state index is 0.243. The van der Waals surface area contributed by atoms with Gasteiger partial charge in [0.2, 0.25) is 0 Å². The van der Waals surface area contributed by atoms with Crippen LogP contribution in [-0.4, -0.2) is 20.0 Å². The molecule has 0 N–H and O–H groups in total. The van der Waals surface area contributed by atoms with E-state index in [9.17, 15) is 17.3 Å². The molecule has 0 atom stereocenters. The average Bonchev–Trinajstić information content (AvgIpc) is 2.14. The number of benzene rings is 1. The molecule has 0 spiro atoms. The molecular weight excluding hydrogens is 209 g/mol. The second-order valence-electron chi connectivity index (χ2n) is 3.23. The minimum Gasteiger partial charge on any atom is -0.448 e. The Bertz CT molecular complexity index is 309. The van der Waals surface area contributed by atoms with Crippen LogP contribution in [0, 0.1) is 5.82 Å². The molecule has 0 bridgehead atoms. The summed E-state index contributed by atoms with van der Waals surface area (Å²) in [4.78, 5) is 1.17. The van der Waals surface area contributed by atoms with Crippen LogP contribution < -0.4 is 4.90 Å². The van der Waals surface area contributed by atoms with Crippen LogP contribution in [0.4, 0.5) is 23.0 Å². The average molecular weight is 220 g/mol. The summed E-state index contributed by atoms with van der Waals surface area (Å²) in [6, 6.07) is 5.00. The summed E-state index contributed by atoms with van der Waals surface area (Å²) in [5.74, 6) is -0.452. The molecule has 0 radical (unpaired) electrons. The molecule has 0 heterocycles. The molecule has 15 heavy (non-hydrogen) atoms. The molecule has 0 amide bonds. The molecule has 1 aromatic rings. The van der Waals surface area contributed by atoms with Crippen molar-refractivity contribution in [3.63, 3.8) is 0 Å². The zero-order valence-electron chi connectivity index (χ0n) is 8.26. The van der Waals surface area contributed by atoms with Crippen LogP contribution in [0.25, 0.3) is 0 Å². The van der Waals surface area contributed by atoms with Gasteiger partial charge in [0.1, 0.15) is 5.82 Å². The minimum atomic E-state index is -4.86. The summed E-state index contributed by atoms with van der Waals surface area (Å²) in [7, 11) is 0. The number of rotatable bonds is 4. The van der Waals surface area contributed by atoms with Gasteiger partial charge in [-0.2, -0.15) is 0 Å². The van der Waals surface area contributed by atoms with Crippen LogP contribution in [0.1, 0.15) is 6.92 Å². The maximum absolute atomic E-state index is 12.6. The fourth-order valence-corrected chi connectivity index (χ4v) is 1.32. The first-order valence-electron chi connectivity index (χ1n) is 4.64. The van der Waals surface area contributed by atoms with Gasteiger partial charge < -0.3 is 17.8 Å². The third-order valence-corrected chi connectivity index (χ3v) is 2.00. The van der Waals surface area contributed by atoms with Crippen LogP contribution in [0.15, 0.2) is 24.3 Å². The first kappa shape index (κ1) is 11.9. The number of hydrogen-bond acceptors (Lipinski definition) is 1. The van der Waals surface area contributed by atoms with Crippen molar-refractivity contribution in [2.75, 3.05) is 17.9 Å². The van der Waals surface area contributed by atoms with Crippen LogP contribution in [0.5, 0.6) is 0 Å². The van der Waals surface area contributed by atoms with Crippen molar-refractivity contribution in [3.8, 4) is 0 Å².